The molecule has 29 heavy (non-hydrogen) atoms. The molecule has 0 aliphatic carbocycles. The van der Waals surface area contributed by atoms with Crippen LogP contribution in [0.2, 0.25) is 0 Å². The van der Waals surface area contributed by atoms with Gasteiger partial charge in [0.15, 0.2) is 4.87 Å². The third-order valence-corrected chi connectivity index (χ3v) is 4.66. The van der Waals surface area contributed by atoms with Crippen LogP contribution in [0.15, 0.2) is 96.2 Å². The Bertz CT molecular complexity index is 909. The number of benzene rings is 3. The lowest BCUT2D eigenvalue weighted by Crippen LogP contribution is -2.31. The Balaban J connectivity index is 0.000000234. The summed E-state index contributed by atoms with van der Waals surface area (Å²) in [5, 5.41) is 10.7. The zero-order valence-corrected chi connectivity index (χ0v) is 16.6. The van der Waals surface area contributed by atoms with Crippen molar-refractivity contribution in [1.82, 2.24) is 0 Å². The van der Waals surface area contributed by atoms with Crippen molar-refractivity contribution < 1.29 is 19.1 Å². The molecule has 0 radical (unpaired) electrons. The second kappa shape index (κ2) is 11.0. The first-order chi connectivity index (χ1) is 14.0. The molecule has 148 valence electrons. The van der Waals surface area contributed by atoms with E-state index in [9.17, 15) is 9.59 Å². The van der Waals surface area contributed by atoms with E-state index in [1.807, 2.05) is 18.2 Å². The standard InChI is InChI=1S/C14H10Cl2O2.C8H7NO2/c15-14(13(17)18-16,11-7-3-1-4-8-11)12-9-5-2-6-10-12;10-8(6-9-11)7-4-2-1-3-5-7/h1-10H;1-6,11H. The van der Waals surface area contributed by atoms with E-state index in [1.165, 1.54) is 0 Å². The molecule has 0 unspecified atom stereocenters. The van der Waals surface area contributed by atoms with Gasteiger partial charge in [-0.3, -0.25) is 4.79 Å². The second-order valence-electron chi connectivity index (χ2n) is 5.73. The van der Waals surface area contributed by atoms with Gasteiger partial charge in [0.1, 0.15) is 18.1 Å². The highest BCUT2D eigenvalue weighted by atomic mass is 35.5. The fraction of sp³-hybridized carbons (Fsp3) is 0.0455. The van der Waals surface area contributed by atoms with Crippen molar-refractivity contribution in [3.8, 4) is 0 Å². The van der Waals surface area contributed by atoms with Gasteiger partial charge in [0.05, 0.1) is 0 Å². The van der Waals surface area contributed by atoms with Gasteiger partial charge in [-0.05, 0) is 11.1 Å². The minimum absolute atomic E-state index is 0.298. The van der Waals surface area contributed by atoms with E-state index in [4.69, 9.17) is 28.7 Å². The van der Waals surface area contributed by atoms with E-state index < -0.39 is 10.8 Å². The largest absolute Gasteiger partial charge is 0.411 e. The molecule has 0 fully saturated rings. The molecule has 0 saturated carbocycles. The number of nitrogens with zero attached hydrogens (tertiary/aromatic N) is 1. The van der Waals surface area contributed by atoms with Gasteiger partial charge in [-0.2, -0.15) is 0 Å². The van der Waals surface area contributed by atoms with E-state index in [-0.39, 0.29) is 5.78 Å². The van der Waals surface area contributed by atoms with Crippen LogP contribution in [0.25, 0.3) is 0 Å². The van der Waals surface area contributed by atoms with Crippen molar-refractivity contribution in [2.45, 2.75) is 4.87 Å². The van der Waals surface area contributed by atoms with Crippen LogP contribution < -0.4 is 0 Å². The maximum atomic E-state index is 11.9. The summed E-state index contributed by atoms with van der Waals surface area (Å²) < 4.78 is 4.33. The van der Waals surface area contributed by atoms with Gasteiger partial charge in [0, 0.05) is 5.56 Å². The fourth-order valence-electron chi connectivity index (χ4n) is 2.52. The van der Waals surface area contributed by atoms with Crippen molar-refractivity contribution in [2.24, 2.45) is 5.16 Å². The van der Waals surface area contributed by atoms with Crippen LogP contribution in [-0.2, 0) is 14.0 Å². The highest BCUT2D eigenvalue weighted by Crippen LogP contribution is 2.38. The van der Waals surface area contributed by atoms with Crippen molar-refractivity contribution in [3.05, 3.63) is 108 Å². The van der Waals surface area contributed by atoms with Gasteiger partial charge in [0.2, 0.25) is 5.78 Å². The van der Waals surface area contributed by atoms with E-state index in [1.54, 1.807) is 72.8 Å². The van der Waals surface area contributed by atoms with Gasteiger partial charge in [-0.15, -0.1) is 0 Å². The molecule has 3 aromatic rings. The molecule has 0 heterocycles. The Labute approximate surface area is 178 Å². The predicted octanol–water partition coefficient (Wildman–Crippen LogP) is 5.20. The predicted molar refractivity (Wildman–Crippen MR) is 113 cm³/mol. The van der Waals surface area contributed by atoms with Gasteiger partial charge >= 0.3 is 5.97 Å². The van der Waals surface area contributed by atoms with Crippen LogP contribution in [-0.4, -0.2) is 23.2 Å². The fourth-order valence-corrected chi connectivity index (χ4v) is 2.97. The highest BCUT2D eigenvalue weighted by molar-refractivity contribution is 6.37. The van der Waals surface area contributed by atoms with Crippen LogP contribution >= 0.6 is 23.5 Å². The quantitative estimate of drug-likeness (QED) is 0.199. The van der Waals surface area contributed by atoms with Gasteiger partial charge in [-0.1, -0.05) is 108 Å². The molecule has 0 saturated heterocycles. The van der Waals surface area contributed by atoms with E-state index >= 15 is 0 Å². The summed E-state index contributed by atoms with van der Waals surface area (Å²) in [6, 6.07) is 26.6. The third-order valence-electron chi connectivity index (χ3n) is 3.93. The minimum Gasteiger partial charge on any atom is -0.411 e. The molecule has 0 atom stereocenters. The van der Waals surface area contributed by atoms with Crippen molar-refractivity contribution >= 4 is 41.4 Å². The van der Waals surface area contributed by atoms with Gasteiger partial charge in [-0.25, -0.2) is 4.79 Å². The smallest absolute Gasteiger partial charge is 0.354 e. The maximum absolute atomic E-state index is 11.9. The Morgan fingerprint density at radius 1 is 0.828 bits per heavy atom. The second-order valence-corrected chi connectivity index (χ2v) is 6.45. The number of halogens is 2. The molecule has 0 spiro atoms. The van der Waals surface area contributed by atoms with Crippen LogP contribution in [0.4, 0.5) is 0 Å². The maximum Gasteiger partial charge on any atom is 0.354 e. The molecule has 0 aromatic heterocycles. The molecule has 3 rings (SSSR count). The molecule has 5 nitrogen and oxygen atoms in total. The molecule has 0 aliphatic rings. The molecular weight excluding hydrogens is 413 g/mol. The van der Waals surface area contributed by atoms with E-state index in [2.05, 4.69) is 9.45 Å². The normalized spacial score (nSPS) is 10.7. The van der Waals surface area contributed by atoms with Crippen LogP contribution in [0.1, 0.15) is 21.5 Å². The number of rotatable bonds is 5. The Morgan fingerprint density at radius 3 is 1.62 bits per heavy atom. The summed E-state index contributed by atoms with van der Waals surface area (Å²) in [6.45, 7) is 0. The number of carbonyl (C=O) groups excluding carboxylic acids is 2. The molecule has 0 aliphatic heterocycles. The minimum atomic E-state index is -1.43. The highest BCUT2D eigenvalue weighted by Gasteiger charge is 2.41. The molecule has 3 aromatic carbocycles. The molecule has 7 heteroatoms. The SMILES string of the molecule is O=C(C=NO)c1ccccc1.O=C(OCl)C(Cl)(c1ccccc1)c1ccccc1. The number of hydrogen-bond acceptors (Lipinski definition) is 5. The summed E-state index contributed by atoms with van der Waals surface area (Å²) in [4.78, 5) is 21.5. The molecular formula is C22H17Cl2NO4. The first-order valence-electron chi connectivity index (χ1n) is 8.43. The number of oxime groups is 1. The lowest BCUT2D eigenvalue weighted by Gasteiger charge is -2.24. The number of ketones is 1. The lowest BCUT2D eigenvalue weighted by atomic mass is 9.90. The average Bonchev–Trinajstić information content (AvgIpc) is 2.80. The number of alkyl halides is 1. The Hall–Kier alpha value is -3.15. The van der Waals surface area contributed by atoms with E-state index in [0.717, 1.165) is 6.21 Å². The van der Waals surface area contributed by atoms with Crippen molar-refractivity contribution in [2.75, 3.05) is 0 Å². The third kappa shape index (κ3) is 5.67. The number of hydrogen-bond donors (Lipinski definition) is 1. The molecule has 1 N–H and O–H groups in total. The Kier molecular flexibility index (Phi) is 8.40. The summed E-state index contributed by atoms with van der Waals surface area (Å²) in [5.41, 5.74) is 1.75. The van der Waals surface area contributed by atoms with Crippen LogP contribution in [0.3, 0.4) is 0 Å². The topological polar surface area (TPSA) is 76.0 Å². The number of Topliss-reactive ketones (excluding diaryl/α,β-unsaturated/α-hetero) is 1. The summed E-state index contributed by atoms with van der Waals surface area (Å²) in [7, 11) is 0. The Morgan fingerprint density at radius 2 is 1.24 bits per heavy atom. The molecule has 0 bridgehead atoms. The summed E-state index contributed by atoms with van der Waals surface area (Å²) in [6.07, 6.45) is 0.870. The lowest BCUT2D eigenvalue weighted by molar-refractivity contribution is -0.136. The monoisotopic (exact) mass is 429 g/mol. The summed E-state index contributed by atoms with van der Waals surface area (Å²) >= 11 is 11.7. The molecule has 0 amide bonds. The van der Waals surface area contributed by atoms with Crippen molar-refractivity contribution in [1.29, 1.82) is 0 Å². The van der Waals surface area contributed by atoms with Crippen LogP contribution in [0.5, 0.6) is 0 Å². The zero-order valence-electron chi connectivity index (χ0n) is 15.1. The number of carbonyl (C=O) groups is 2. The van der Waals surface area contributed by atoms with E-state index in [0.29, 0.717) is 16.7 Å². The first kappa shape index (κ1) is 22.1. The first-order valence-corrected chi connectivity index (χ1v) is 9.12. The van der Waals surface area contributed by atoms with Gasteiger partial charge < -0.3 is 9.50 Å². The van der Waals surface area contributed by atoms with Crippen LogP contribution in [0, 0.1) is 0 Å². The van der Waals surface area contributed by atoms with Crippen molar-refractivity contribution in [3.63, 3.8) is 0 Å². The van der Waals surface area contributed by atoms with Gasteiger partial charge in [0.25, 0.3) is 0 Å². The zero-order chi connectivity index (χ0) is 21.1. The average molecular weight is 430 g/mol. The summed E-state index contributed by atoms with van der Waals surface area (Å²) in [5.74, 6) is -1.02.